The van der Waals surface area contributed by atoms with Crippen LogP contribution >= 0.6 is 0 Å². The third kappa shape index (κ3) is 2.68. The van der Waals surface area contributed by atoms with Crippen LogP contribution in [0.3, 0.4) is 0 Å². The molecule has 0 unspecified atom stereocenters. The van der Waals surface area contributed by atoms with E-state index in [4.69, 9.17) is 0 Å². The molecule has 0 saturated carbocycles. The number of imidazole rings is 1. The smallest absolute Gasteiger partial charge is 0.416 e. The number of hydrogen-bond donors (Lipinski definition) is 2. The molecular formula is C14H8F3N3O3. The van der Waals surface area contributed by atoms with E-state index in [0.717, 1.165) is 24.3 Å². The molecule has 0 aliphatic carbocycles. The van der Waals surface area contributed by atoms with E-state index in [1.54, 1.807) is 0 Å². The van der Waals surface area contributed by atoms with Gasteiger partial charge in [-0.05, 0) is 30.3 Å². The molecule has 118 valence electrons. The molecule has 2 aromatic carbocycles. The van der Waals surface area contributed by atoms with Crippen molar-refractivity contribution in [2.75, 3.05) is 0 Å². The van der Waals surface area contributed by atoms with Crippen LogP contribution in [-0.4, -0.2) is 20.0 Å². The monoisotopic (exact) mass is 323 g/mol. The number of halogens is 3. The van der Waals surface area contributed by atoms with Gasteiger partial charge in [0.15, 0.2) is 5.75 Å². The van der Waals surface area contributed by atoms with Gasteiger partial charge in [-0.25, -0.2) is 4.98 Å². The van der Waals surface area contributed by atoms with Crippen molar-refractivity contribution >= 4 is 16.7 Å². The predicted octanol–water partition coefficient (Wildman–Crippen LogP) is 3.86. The summed E-state index contributed by atoms with van der Waals surface area (Å²) in [4.78, 5) is 16.9. The van der Waals surface area contributed by atoms with E-state index in [2.05, 4.69) is 9.97 Å². The molecule has 0 fully saturated rings. The van der Waals surface area contributed by atoms with Crippen molar-refractivity contribution in [2.45, 2.75) is 6.18 Å². The Kier molecular flexibility index (Phi) is 3.20. The summed E-state index contributed by atoms with van der Waals surface area (Å²) in [7, 11) is 0. The molecule has 6 nitrogen and oxygen atoms in total. The van der Waals surface area contributed by atoms with Crippen molar-refractivity contribution < 1.29 is 23.2 Å². The number of H-pyrrole nitrogens is 1. The number of nitro benzene ring substituents is 1. The predicted molar refractivity (Wildman–Crippen MR) is 74.9 cm³/mol. The van der Waals surface area contributed by atoms with Gasteiger partial charge >= 0.3 is 11.9 Å². The SMILES string of the molecule is O=[N+]([O-])c1cc(-c2nc3ccc(C(F)(F)F)cc3[nH]2)ccc1O. The minimum Gasteiger partial charge on any atom is -0.502 e. The fraction of sp³-hybridized carbons (Fsp3) is 0.0714. The van der Waals surface area contributed by atoms with E-state index in [9.17, 15) is 28.4 Å². The summed E-state index contributed by atoms with van der Waals surface area (Å²) in [6, 6.07) is 6.64. The van der Waals surface area contributed by atoms with Gasteiger partial charge in [0.2, 0.25) is 0 Å². The van der Waals surface area contributed by atoms with Crippen molar-refractivity contribution in [3.8, 4) is 17.1 Å². The quantitative estimate of drug-likeness (QED) is 0.553. The summed E-state index contributed by atoms with van der Waals surface area (Å²) in [5.74, 6) is -0.336. The number of nitrogens with zero attached hydrogens (tertiary/aromatic N) is 2. The topological polar surface area (TPSA) is 92.0 Å². The first-order valence-electron chi connectivity index (χ1n) is 6.30. The number of nitrogens with one attached hydrogen (secondary N) is 1. The van der Waals surface area contributed by atoms with Gasteiger partial charge in [0, 0.05) is 11.6 Å². The van der Waals surface area contributed by atoms with E-state index in [1.807, 2.05) is 0 Å². The maximum absolute atomic E-state index is 12.7. The molecule has 0 aliphatic heterocycles. The third-order valence-electron chi connectivity index (χ3n) is 3.25. The summed E-state index contributed by atoms with van der Waals surface area (Å²) in [6.07, 6.45) is -4.48. The lowest BCUT2D eigenvalue weighted by Crippen LogP contribution is -2.04. The van der Waals surface area contributed by atoms with Gasteiger partial charge in [0.25, 0.3) is 0 Å². The second-order valence-corrected chi connectivity index (χ2v) is 4.78. The molecule has 3 aromatic rings. The number of benzene rings is 2. The normalized spacial score (nSPS) is 11.8. The molecule has 23 heavy (non-hydrogen) atoms. The Labute approximate surface area is 126 Å². The van der Waals surface area contributed by atoms with Crippen molar-refractivity contribution in [2.24, 2.45) is 0 Å². The molecule has 0 bridgehead atoms. The van der Waals surface area contributed by atoms with Gasteiger partial charge in [-0.15, -0.1) is 0 Å². The Morgan fingerprint density at radius 3 is 2.57 bits per heavy atom. The summed E-state index contributed by atoms with van der Waals surface area (Å²) in [5.41, 5.74) is -0.607. The van der Waals surface area contributed by atoms with E-state index >= 15 is 0 Å². The Hall–Kier alpha value is -3.10. The van der Waals surface area contributed by atoms with Gasteiger partial charge in [-0.3, -0.25) is 10.1 Å². The van der Waals surface area contributed by atoms with E-state index < -0.39 is 28.1 Å². The van der Waals surface area contributed by atoms with Gasteiger partial charge in [-0.2, -0.15) is 13.2 Å². The van der Waals surface area contributed by atoms with E-state index in [0.29, 0.717) is 5.52 Å². The minimum atomic E-state index is -4.48. The number of aromatic amines is 1. The minimum absolute atomic E-state index is 0.158. The summed E-state index contributed by atoms with van der Waals surface area (Å²) >= 11 is 0. The Bertz CT molecular complexity index is 919. The Morgan fingerprint density at radius 2 is 1.91 bits per heavy atom. The molecule has 0 radical (unpaired) electrons. The van der Waals surface area contributed by atoms with Gasteiger partial charge in [0.05, 0.1) is 21.5 Å². The lowest BCUT2D eigenvalue weighted by molar-refractivity contribution is -0.385. The highest BCUT2D eigenvalue weighted by Gasteiger charge is 2.30. The number of rotatable bonds is 2. The summed E-state index contributed by atoms with van der Waals surface area (Å²) in [5, 5.41) is 20.2. The summed E-state index contributed by atoms with van der Waals surface area (Å²) < 4.78 is 38.1. The second kappa shape index (κ2) is 4.97. The molecule has 0 atom stereocenters. The molecule has 0 aliphatic rings. The van der Waals surface area contributed by atoms with E-state index in [-0.39, 0.29) is 16.9 Å². The Morgan fingerprint density at radius 1 is 1.17 bits per heavy atom. The highest BCUT2D eigenvalue weighted by molar-refractivity contribution is 5.80. The van der Waals surface area contributed by atoms with Crippen molar-refractivity contribution in [3.05, 3.63) is 52.1 Å². The number of phenols is 1. The average Bonchev–Trinajstić information content (AvgIpc) is 2.89. The number of phenolic OH excluding ortho intramolecular Hbond substituents is 1. The highest BCUT2D eigenvalue weighted by Crippen LogP contribution is 2.33. The van der Waals surface area contributed by atoms with Crippen LogP contribution in [-0.2, 0) is 6.18 Å². The van der Waals surface area contributed by atoms with Crippen LogP contribution in [0.4, 0.5) is 18.9 Å². The molecule has 9 heteroatoms. The van der Waals surface area contributed by atoms with Crippen LogP contribution in [0.25, 0.3) is 22.4 Å². The van der Waals surface area contributed by atoms with Crippen LogP contribution in [0.5, 0.6) is 5.75 Å². The number of aromatic nitrogens is 2. The fourth-order valence-corrected chi connectivity index (χ4v) is 2.14. The molecule has 1 heterocycles. The van der Waals surface area contributed by atoms with Crippen LogP contribution in [0, 0.1) is 10.1 Å². The number of aromatic hydroxyl groups is 1. The maximum atomic E-state index is 12.7. The number of nitro groups is 1. The molecular weight excluding hydrogens is 315 g/mol. The van der Waals surface area contributed by atoms with Gasteiger partial charge in [0.1, 0.15) is 5.82 Å². The molecule has 0 amide bonds. The van der Waals surface area contributed by atoms with Gasteiger partial charge in [-0.1, -0.05) is 0 Å². The lowest BCUT2D eigenvalue weighted by atomic mass is 10.2. The standard InChI is InChI=1S/C14H8F3N3O3/c15-14(16,17)8-2-3-9-10(6-8)19-13(18-9)7-1-4-12(21)11(5-7)20(22)23/h1-6,21H,(H,18,19). The molecule has 2 N–H and O–H groups in total. The second-order valence-electron chi connectivity index (χ2n) is 4.78. The largest absolute Gasteiger partial charge is 0.502 e. The average molecular weight is 323 g/mol. The van der Waals surface area contributed by atoms with Crippen molar-refractivity contribution in [1.82, 2.24) is 9.97 Å². The molecule has 0 saturated heterocycles. The molecule has 1 aromatic heterocycles. The lowest BCUT2D eigenvalue weighted by Gasteiger charge is -2.05. The first-order valence-corrected chi connectivity index (χ1v) is 6.30. The number of hydrogen-bond acceptors (Lipinski definition) is 4. The zero-order valence-corrected chi connectivity index (χ0v) is 11.3. The van der Waals surface area contributed by atoms with Crippen molar-refractivity contribution in [1.29, 1.82) is 0 Å². The number of alkyl halides is 3. The molecule has 0 spiro atoms. The molecule has 3 rings (SSSR count). The Balaban J connectivity index is 2.11. The number of fused-ring (bicyclic) bond motifs is 1. The van der Waals surface area contributed by atoms with Crippen LogP contribution in [0.15, 0.2) is 36.4 Å². The first-order chi connectivity index (χ1) is 10.8. The zero-order valence-electron chi connectivity index (χ0n) is 11.3. The zero-order chi connectivity index (χ0) is 16.8. The van der Waals surface area contributed by atoms with Crippen LogP contribution in [0.2, 0.25) is 0 Å². The fourth-order valence-electron chi connectivity index (χ4n) is 2.14. The van der Waals surface area contributed by atoms with E-state index in [1.165, 1.54) is 12.1 Å². The maximum Gasteiger partial charge on any atom is 0.416 e. The first kappa shape index (κ1) is 14.8. The van der Waals surface area contributed by atoms with Crippen molar-refractivity contribution in [3.63, 3.8) is 0 Å². The highest BCUT2D eigenvalue weighted by atomic mass is 19.4. The summed E-state index contributed by atoms with van der Waals surface area (Å²) in [6.45, 7) is 0. The van der Waals surface area contributed by atoms with Crippen LogP contribution in [0.1, 0.15) is 5.56 Å². The van der Waals surface area contributed by atoms with Gasteiger partial charge < -0.3 is 10.1 Å². The van der Waals surface area contributed by atoms with Crippen LogP contribution < -0.4 is 0 Å². The third-order valence-corrected chi connectivity index (χ3v) is 3.25.